The van der Waals surface area contributed by atoms with Gasteiger partial charge in [-0.3, -0.25) is 9.59 Å². The number of hydrogen-bond donors (Lipinski definition) is 0. The lowest BCUT2D eigenvalue weighted by atomic mass is 10.2. The fourth-order valence-electron chi connectivity index (χ4n) is 3.35. The molecule has 2 aliphatic rings. The zero-order valence-electron chi connectivity index (χ0n) is 15.3. The van der Waals surface area contributed by atoms with E-state index in [-0.39, 0.29) is 18.4 Å². The number of piperazine rings is 1. The van der Waals surface area contributed by atoms with Gasteiger partial charge in [0.05, 0.1) is 10.7 Å². The van der Waals surface area contributed by atoms with E-state index in [0.717, 1.165) is 10.7 Å². The normalized spacial score (nSPS) is 19.1. The molecule has 4 rings (SSSR count). The van der Waals surface area contributed by atoms with E-state index in [1.54, 1.807) is 15.9 Å². The second-order valence-electron chi connectivity index (χ2n) is 6.63. The third-order valence-electron chi connectivity index (χ3n) is 4.76. The lowest BCUT2D eigenvalue weighted by Crippen LogP contribution is -2.55. The average Bonchev–Trinajstić information content (AvgIpc) is 3.04. The molecule has 27 heavy (non-hydrogen) atoms. The predicted molar refractivity (Wildman–Crippen MR) is 100 cm³/mol. The molecule has 8 heteroatoms. The van der Waals surface area contributed by atoms with Crippen molar-refractivity contribution in [1.82, 2.24) is 14.8 Å². The summed E-state index contributed by atoms with van der Waals surface area (Å²) in [6, 6.07) is 7.34. The number of amides is 2. The number of fused-ring (bicyclic) bond motifs is 1. The fraction of sp³-hybridized carbons (Fsp3) is 0.421. The number of nitrogens with zero attached hydrogens (tertiary/aromatic N) is 3. The lowest BCUT2D eigenvalue weighted by molar-refractivity contribution is -0.142. The summed E-state index contributed by atoms with van der Waals surface area (Å²) < 4.78 is 11.4. The molecule has 1 aromatic carbocycles. The van der Waals surface area contributed by atoms with Gasteiger partial charge in [-0.25, -0.2) is 4.98 Å². The van der Waals surface area contributed by atoms with Gasteiger partial charge < -0.3 is 19.3 Å². The molecule has 0 unspecified atom stereocenters. The first-order valence-electron chi connectivity index (χ1n) is 8.93. The van der Waals surface area contributed by atoms with Crippen molar-refractivity contribution in [3.05, 3.63) is 39.8 Å². The summed E-state index contributed by atoms with van der Waals surface area (Å²) in [7, 11) is 0. The van der Waals surface area contributed by atoms with E-state index >= 15 is 0 Å². The Labute approximate surface area is 161 Å². The van der Waals surface area contributed by atoms with Gasteiger partial charge in [0, 0.05) is 26.2 Å². The number of thiazole rings is 1. The quantitative estimate of drug-likeness (QED) is 0.787. The van der Waals surface area contributed by atoms with E-state index in [9.17, 15) is 9.59 Å². The molecule has 0 saturated carbocycles. The summed E-state index contributed by atoms with van der Waals surface area (Å²) >= 11 is 1.42. The van der Waals surface area contributed by atoms with Crippen LogP contribution in [0.4, 0.5) is 0 Å². The van der Waals surface area contributed by atoms with E-state index in [1.165, 1.54) is 11.3 Å². The average molecular weight is 387 g/mol. The Hall–Kier alpha value is -2.61. The van der Waals surface area contributed by atoms with Crippen molar-refractivity contribution < 1.29 is 19.1 Å². The standard InChI is InChI=1S/C19H21N3O4S/c1-12-17(27-13(2)20-12)19(24)22-9-7-21(8-10-22)18(23)16-11-25-14-5-3-4-6-15(14)26-16/h3-6,16H,7-11H2,1-2H3/t16-/m0/s1. The molecule has 2 amide bonds. The van der Waals surface area contributed by atoms with Crippen LogP contribution in [0.15, 0.2) is 24.3 Å². The lowest BCUT2D eigenvalue weighted by Gasteiger charge is -2.37. The Morgan fingerprint density at radius 3 is 2.41 bits per heavy atom. The first-order chi connectivity index (χ1) is 13.0. The molecular formula is C19H21N3O4S. The summed E-state index contributed by atoms with van der Waals surface area (Å²) in [6.07, 6.45) is -0.645. The maximum absolute atomic E-state index is 12.8. The zero-order chi connectivity index (χ0) is 19.0. The Kier molecular flexibility index (Phi) is 4.73. The van der Waals surface area contributed by atoms with Crippen LogP contribution in [0.25, 0.3) is 0 Å². The minimum atomic E-state index is -0.645. The summed E-state index contributed by atoms with van der Waals surface area (Å²) in [5, 5.41) is 0.888. The number of aryl methyl sites for hydroxylation is 2. The van der Waals surface area contributed by atoms with Crippen LogP contribution in [0, 0.1) is 13.8 Å². The van der Waals surface area contributed by atoms with Crippen LogP contribution in [0.2, 0.25) is 0 Å². The minimum absolute atomic E-state index is 0.00336. The van der Waals surface area contributed by atoms with Crippen LogP contribution >= 0.6 is 11.3 Å². The molecule has 1 aromatic heterocycles. The first-order valence-corrected chi connectivity index (χ1v) is 9.75. The van der Waals surface area contributed by atoms with E-state index < -0.39 is 6.10 Å². The topological polar surface area (TPSA) is 72.0 Å². The third-order valence-corrected chi connectivity index (χ3v) is 5.82. The molecule has 0 radical (unpaired) electrons. The molecule has 142 valence electrons. The highest BCUT2D eigenvalue weighted by molar-refractivity contribution is 7.13. The maximum Gasteiger partial charge on any atom is 0.267 e. The number of para-hydroxylation sites is 2. The van der Waals surface area contributed by atoms with E-state index in [4.69, 9.17) is 9.47 Å². The van der Waals surface area contributed by atoms with Crippen LogP contribution in [0.1, 0.15) is 20.4 Å². The van der Waals surface area contributed by atoms with Crippen molar-refractivity contribution in [3.63, 3.8) is 0 Å². The van der Waals surface area contributed by atoms with Crippen molar-refractivity contribution in [2.24, 2.45) is 0 Å². The summed E-state index contributed by atoms with van der Waals surface area (Å²) in [4.78, 5) is 34.0. The summed E-state index contributed by atoms with van der Waals surface area (Å²) in [5.74, 6) is 1.15. The Morgan fingerprint density at radius 1 is 1.07 bits per heavy atom. The van der Waals surface area contributed by atoms with Crippen LogP contribution in [0.3, 0.4) is 0 Å². The van der Waals surface area contributed by atoms with Gasteiger partial charge in [0.15, 0.2) is 11.5 Å². The predicted octanol–water partition coefficient (Wildman–Crippen LogP) is 1.88. The van der Waals surface area contributed by atoms with Crippen LogP contribution in [-0.4, -0.2) is 65.5 Å². The SMILES string of the molecule is Cc1nc(C)c(C(=O)N2CCN(C(=O)[C@@H]3COc4ccccc4O3)CC2)s1. The number of carbonyl (C=O) groups is 2. The van der Waals surface area contributed by atoms with Gasteiger partial charge in [-0.15, -0.1) is 11.3 Å². The minimum Gasteiger partial charge on any atom is -0.485 e. The van der Waals surface area contributed by atoms with Gasteiger partial charge >= 0.3 is 0 Å². The highest BCUT2D eigenvalue weighted by Gasteiger charge is 2.34. The fourth-order valence-corrected chi connectivity index (χ4v) is 4.24. The van der Waals surface area contributed by atoms with Gasteiger partial charge in [-0.1, -0.05) is 12.1 Å². The van der Waals surface area contributed by atoms with Crippen LogP contribution in [-0.2, 0) is 4.79 Å². The molecule has 2 aliphatic heterocycles. The number of rotatable bonds is 2. The maximum atomic E-state index is 12.8. The molecule has 0 bridgehead atoms. The number of benzene rings is 1. The van der Waals surface area contributed by atoms with E-state index in [2.05, 4.69) is 4.98 Å². The second-order valence-corrected chi connectivity index (χ2v) is 7.83. The van der Waals surface area contributed by atoms with Gasteiger partial charge in [0.1, 0.15) is 11.5 Å². The number of aromatic nitrogens is 1. The molecule has 0 aliphatic carbocycles. The Morgan fingerprint density at radius 2 is 1.74 bits per heavy atom. The monoisotopic (exact) mass is 387 g/mol. The Bertz CT molecular complexity index is 874. The van der Waals surface area contributed by atoms with Gasteiger partial charge in [0.25, 0.3) is 11.8 Å². The third kappa shape index (κ3) is 3.49. The molecule has 1 fully saturated rings. The molecule has 1 atom stereocenters. The largest absolute Gasteiger partial charge is 0.485 e. The zero-order valence-corrected chi connectivity index (χ0v) is 16.1. The van der Waals surface area contributed by atoms with Gasteiger partial charge in [-0.05, 0) is 26.0 Å². The smallest absolute Gasteiger partial charge is 0.267 e. The van der Waals surface area contributed by atoms with Crippen molar-refractivity contribution in [3.8, 4) is 11.5 Å². The van der Waals surface area contributed by atoms with Crippen molar-refractivity contribution in [1.29, 1.82) is 0 Å². The highest BCUT2D eigenvalue weighted by atomic mass is 32.1. The molecule has 7 nitrogen and oxygen atoms in total. The number of carbonyl (C=O) groups excluding carboxylic acids is 2. The van der Waals surface area contributed by atoms with E-state index in [1.807, 2.05) is 32.0 Å². The molecular weight excluding hydrogens is 366 g/mol. The summed E-state index contributed by atoms with van der Waals surface area (Å²) in [6.45, 7) is 5.95. The van der Waals surface area contributed by atoms with Crippen LogP contribution in [0.5, 0.6) is 11.5 Å². The van der Waals surface area contributed by atoms with E-state index in [0.29, 0.717) is 42.6 Å². The highest BCUT2D eigenvalue weighted by Crippen LogP contribution is 2.31. The van der Waals surface area contributed by atoms with Crippen LogP contribution < -0.4 is 9.47 Å². The van der Waals surface area contributed by atoms with Crippen molar-refractivity contribution >= 4 is 23.2 Å². The molecule has 0 spiro atoms. The molecule has 2 aromatic rings. The molecule has 3 heterocycles. The Balaban J connectivity index is 1.36. The van der Waals surface area contributed by atoms with Crippen molar-refractivity contribution in [2.75, 3.05) is 32.8 Å². The van der Waals surface area contributed by atoms with Gasteiger partial charge in [-0.2, -0.15) is 0 Å². The number of hydrogen-bond acceptors (Lipinski definition) is 6. The number of ether oxygens (including phenoxy) is 2. The summed E-state index contributed by atoms with van der Waals surface area (Å²) in [5.41, 5.74) is 0.771. The first kappa shape index (κ1) is 17.8. The second kappa shape index (κ2) is 7.19. The van der Waals surface area contributed by atoms with Gasteiger partial charge in [0.2, 0.25) is 6.10 Å². The van der Waals surface area contributed by atoms with Crippen molar-refractivity contribution in [2.45, 2.75) is 20.0 Å². The molecule has 0 N–H and O–H groups in total. The molecule has 1 saturated heterocycles.